The molecule has 3 rings (SSSR count). The quantitative estimate of drug-likeness (QED) is 0.421. The van der Waals surface area contributed by atoms with Gasteiger partial charge in [0, 0.05) is 26.2 Å². The summed E-state index contributed by atoms with van der Waals surface area (Å²) in [5.74, 6) is 0.415. The predicted molar refractivity (Wildman–Crippen MR) is 108 cm³/mol. The van der Waals surface area contributed by atoms with E-state index in [0.29, 0.717) is 23.9 Å². The molecule has 3 heterocycles. The van der Waals surface area contributed by atoms with Crippen LogP contribution in [0.5, 0.6) is 0 Å². The lowest BCUT2D eigenvalue weighted by Crippen LogP contribution is -2.30. The number of nitrogens with zero attached hydrogens (tertiary/aromatic N) is 6. The van der Waals surface area contributed by atoms with E-state index in [2.05, 4.69) is 37.7 Å². The molecule has 28 heavy (non-hydrogen) atoms. The molecule has 0 aliphatic rings. The van der Waals surface area contributed by atoms with Gasteiger partial charge in [-0.15, -0.1) is 0 Å². The Morgan fingerprint density at radius 1 is 1.25 bits per heavy atom. The van der Waals surface area contributed by atoms with Gasteiger partial charge in [-0.3, -0.25) is 9.59 Å². The van der Waals surface area contributed by atoms with Crippen LogP contribution in [0.3, 0.4) is 0 Å². The Morgan fingerprint density at radius 2 is 2.07 bits per heavy atom. The number of rotatable bonds is 8. The average Bonchev–Trinajstić information content (AvgIpc) is 3.11. The van der Waals surface area contributed by atoms with E-state index in [1.807, 2.05) is 6.26 Å². The molecule has 0 saturated heterocycles. The lowest BCUT2D eigenvalue weighted by molar-refractivity contribution is 0.0944. The summed E-state index contributed by atoms with van der Waals surface area (Å²) in [7, 11) is 1.50. The molecular weight excluding hydrogens is 380 g/mol. The van der Waals surface area contributed by atoms with E-state index in [0.717, 1.165) is 28.9 Å². The Bertz CT molecular complexity index is 1050. The Kier molecular flexibility index (Phi) is 6.24. The highest BCUT2D eigenvalue weighted by atomic mass is 32.2. The van der Waals surface area contributed by atoms with E-state index in [1.54, 1.807) is 10.9 Å². The largest absolute Gasteiger partial charge is 0.369 e. The van der Waals surface area contributed by atoms with Crippen LogP contribution >= 0.6 is 11.8 Å². The highest BCUT2D eigenvalue weighted by Crippen LogP contribution is 2.23. The molecule has 0 bridgehead atoms. The van der Waals surface area contributed by atoms with Gasteiger partial charge in [-0.25, -0.2) is 19.3 Å². The van der Waals surface area contributed by atoms with Gasteiger partial charge in [-0.1, -0.05) is 18.7 Å². The SMILES string of the molecule is CCCNc1nc(SC)nc2c1cnn2CCNC(=O)c1ccc(=O)n(C)n1. The fraction of sp³-hybridized carbons (Fsp3) is 0.412. The molecule has 0 aromatic carbocycles. The van der Waals surface area contributed by atoms with Crippen molar-refractivity contribution in [3.05, 3.63) is 34.4 Å². The number of nitrogens with one attached hydrogen (secondary N) is 2. The zero-order valence-electron chi connectivity index (χ0n) is 16.0. The molecule has 1 amide bonds. The summed E-state index contributed by atoms with van der Waals surface area (Å²) in [6, 6.07) is 2.72. The summed E-state index contributed by atoms with van der Waals surface area (Å²) in [5, 5.41) is 15.9. The second-order valence-corrected chi connectivity index (χ2v) is 6.80. The van der Waals surface area contributed by atoms with Crippen LogP contribution in [0, 0.1) is 0 Å². The molecule has 148 valence electrons. The van der Waals surface area contributed by atoms with Gasteiger partial charge in [0.1, 0.15) is 11.5 Å². The first-order chi connectivity index (χ1) is 13.5. The predicted octanol–water partition coefficient (Wildman–Crippen LogP) is 0.894. The Labute approximate surface area is 165 Å². The summed E-state index contributed by atoms with van der Waals surface area (Å²) in [5.41, 5.74) is 0.634. The first kappa shape index (κ1) is 19.8. The minimum atomic E-state index is -0.350. The molecule has 0 spiro atoms. The lowest BCUT2D eigenvalue weighted by atomic mass is 10.3. The lowest BCUT2D eigenvalue weighted by Gasteiger charge is -2.09. The summed E-state index contributed by atoms with van der Waals surface area (Å²) in [4.78, 5) is 32.7. The highest BCUT2D eigenvalue weighted by molar-refractivity contribution is 7.98. The van der Waals surface area contributed by atoms with Crippen molar-refractivity contribution in [2.45, 2.75) is 25.0 Å². The Hall–Kier alpha value is -2.95. The molecule has 11 heteroatoms. The molecule has 2 N–H and O–H groups in total. The van der Waals surface area contributed by atoms with Crippen molar-refractivity contribution in [2.24, 2.45) is 7.05 Å². The molecule has 0 atom stereocenters. The normalized spacial score (nSPS) is 11.0. The Morgan fingerprint density at radius 3 is 2.79 bits per heavy atom. The highest BCUT2D eigenvalue weighted by Gasteiger charge is 2.13. The van der Waals surface area contributed by atoms with Gasteiger partial charge in [-0.2, -0.15) is 10.2 Å². The van der Waals surface area contributed by atoms with Crippen LogP contribution in [0.15, 0.2) is 28.3 Å². The van der Waals surface area contributed by atoms with E-state index >= 15 is 0 Å². The third-order valence-electron chi connectivity index (χ3n) is 4.00. The molecular formula is C17H22N8O2S. The van der Waals surface area contributed by atoms with Crippen molar-refractivity contribution in [1.29, 1.82) is 0 Å². The number of hydrogen-bond acceptors (Lipinski definition) is 8. The number of aryl methyl sites for hydroxylation is 1. The molecule has 0 unspecified atom stereocenters. The number of fused-ring (bicyclic) bond motifs is 1. The van der Waals surface area contributed by atoms with Crippen LogP contribution in [-0.4, -0.2) is 54.8 Å². The number of hydrogen-bond donors (Lipinski definition) is 2. The van der Waals surface area contributed by atoms with Crippen LogP contribution < -0.4 is 16.2 Å². The van der Waals surface area contributed by atoms with E-state index < -0.39 is 0 Å². The second-order valence-electron chi connectivity index (χ2n) is 6.03. The number of aromatic nitrogens is 6. The number of carbonyl (C=O) groups is 1. The van der Waals surface area contributed by atoms with Crippen molar-refractivity contribution in [3.63, 3.8) is 0 Å². The van der Waals surface area contributed by atoms with Crippen molar-refractivity contribution < 1.29 is 4.79 Å². The molecule has 0 aliphatic heterocycles. The first-order valence-corrected chi connectivity index (χ1v) is 10.1. The van der Waals surface area contributed by atoms with Gasteiger partial charge in [0.05, 0.1) is 18.1 Å². The fourth-order valence-electron chi connectivity index (χ4n) is 2.56. The van der Waals surface area contributed by atoms with Gasteiger partial charge in [0.25, 0.3) is 11.5 Å². The maximum absolute atomic E-state index is 12.2. The molecule has 0 fully saturated rings. The van der Waals surface area contributed by atoms with E-state index in [-0.39, 0.29) is 17.2 Å². The zero-order valence-corrected chi connectivity index (χ0v) is 16.8. The maximum atomic E-state index is 12.2. The Balaban J connectivity index is 1.72. The zero-order chi connectivity index (χ0) is 20.1. The van der Waals surface area contributed by atoms with Gasteiger partial charge in [0.2, 0.25) is 0 Å². The molecule has 0 saturated carbocycles. The van der Waals surface area contributed by atoms with Crippen LogP contribution in [-0.2, 0) is 13.6 Å². The molecule has 0 aliphatic carbocycles. The topological polar surface area (TPSA) is 120 Å². The molecule has 10 nitrogen and oxygen atoms in total. The van der Waals surface area contributed by atoms with Crippen LogP contribution in [0.2, 0.25) is 0 Å². The smallest absolute Gasteiger partial charge is 0.271 e. The van der Waals surface area contributed by atoms with Crippen LogP contribution in [0.4, 0.5) is 5.82 Å². The maximum Gasteiger partial charge on any atom is 0.271 e. The average molecular weight is 402 g/mol. The third kappa shape index (κ3) is 4.30. The minimum absolute atomic E-state index is 0.186. The van der Waals surface area contributed by atoms with Crippen molar-refractivity contribution in [1.82, 2.24) is 34.8 Å². The van der Waals surface area contributed by atoms with Gasteiger partial charge >= 0.3 is 0 Å². The van der Waals surface area contributed by atoms with E-state index in [9.17, 15) is 9.59 Å². The van der Waals surface area contributed by atoms with Crippen molar-refractivity contribution in [3.8, 4) is 0 Å². The standard InChI is InChI=1S/C17H22N8O2S/c1-4-7-18-14-11-10-20-25(15(11)22-17(21-14)28-3)9-8-19-16(27)12-5-6-13(26)24(2)23-12/h5-6,10H,4,7-9H2,1-3H3,(H,19,27)(H,18,21,22). The van der Waals surface area contributed by atoms with Crippen molar-refractivity contribution >= 4 is 34.5 Å². The summed E-state index contributed by atoms with van der Waals surface area (Å²) < 4.78 is 2.87. The van der Waals surface area contributed by atoms with Gasteiger partial charge in [0.15, 0.2) is 10.8 Å². The number of amides is 1. The van der Waals surface area contributed by atoms with E-state index in [4.69, 9.17) is 0 Å². The van der Waals surface area contributed by atoms with Gasteiger partial charge in [-0.05, 0) is 18.7 Å². The summed E-state index contributed by atoms with van der Waals surface area (Å²) >= 11 is 1.46. The molecule has 0 radical (unpaired) electrons. The number of thioether (sulfide) groups is 1. The molecule has 3 aromatic rings. The monoisotopic (exact) mass is 402 g/mol. The van der Waals surface area contributed by atoms with Crippen LogP contribution in [0.25, 0.3) is 11.0 Å². The van der Waals surface area contributed by atoms with Crippen LogP contribution in [0.1, 0.15) is 23.8 Å². The van der Waals surface area contributed by atoms with Gasteiger partial charge < -0.3 is 10.6 Å². The first-order valence-electron chi connectivity index (χ1n) is 8.87. The molecule has 3 aromatic heterocycles. The third-order valence-corrected chi connectivity index (χ3v) is 4.55. The minimum Gasteiger partial charge on any atom is -0.369 e. The summed E-state index contributed by atoms with van der Waals surface area (Å²) in [6.45, 7) is 3.69. The number of carbonyl (C=O) groups excluding carboxylic acids is 1. The summed E-state index contributed by atoms with van der Waals surface area (Å²) in [6.07, 6.45) is 4.64. The fourth-order valence-corrected chi connectivity index (χ4v) is 2.92. The number of anilines is 1. The van der Waals surface area contributed by atoms with Crippen molar-refractivity contribution in [2.75, 3.05) is 24.7 Å². The van der Waals surface area contributed by atoms with E-state index in [1.165, 1.54) is 30.9 Å². The second kappa shape index (κ2) is 8.83.